The number of fused-ring (bicyclic) bond motifs is 1. The lowest BCUT2D eigenvalue weighted by molar-refractivity contribution is -0.121. The molecule has 4 heteroatoms. The topological polar surface area (TPSA) is 68.7 Å². The zero-order valence-corrected chi connectivity index (χ0v) is 10.9. The third-order valence-corrected chi connectivity index (χ3v) is 3.22. The molecule has 1 heterocycles. The quantitative estimate of drug-likeness (QED) is 0.862. The average Bonchev–Trinajstić information content (AvgIpc) is 2.82. The number of amides is 1. The van der Waals surface area contributed by atoms with E-state index in [4.69, 9.17) is 5.26 Å². The lowest BCUT2D eigenvalue weighted by atomic mass is 10.1. The first-order valence-electron chi connectivity index (χ1n) is 6.46. The molecule has 1 aromatic carbocycles. The maximum absolute atomic E-state index is 12.0. The van der Waals surface area contributed by atoms with Gasteiger partial charge in [0.15, 0.2) is 0 Å². The van der Waals surface area contributed by atoms with Crippen molar-refractivity contribution in [3.05, 3.63) is 36.0 Å². The Morgan fingerprint density at radius 3 is 3.00 bits per heavy atom. The second-order valence-corrected chi connectivity index (χ2v) is 4.57. The van der Waals surface area contributed by atoms with Crippen LogP contribution in [-0.4, -0.2) is 16.9 Å². The van der Waals surface area contributed by atoms with E-state index in [0.717, 1.165) is 22.9 Å². The molecule has 2 rings (SSSR count). The van der Waals surface area contributed by atoms with E-state index in [1.165, 1.54) is 0 Å². The van der Waals surface area contributed by atoms with E-state index in [9.17, 15) is 4.79 Å². The smallest absolute Gasteiger partial charge is 0.224 e. The van der Waals surface area contributed by atoms with E-state index in [-0.39, 0.29) is 11.9 Å². The van der Waals surface area contributed by atoms with Gasteiger partial charge in [-0.2, -0.15) is 5.26 Å². The minimum atomic E-state index is -0.0530. The Morgan fingerprint density at radius 1 is 1.47 bits per heavy atom. The molecule has 0 aliphatic heterocycles. The second kappa shape index (κ2) is 6.05. The third-order valence-electron chi connectivity index (χ3n) is 3.22. The second-order valence-electron chi connectivity index (χ2n) is 4.57. The van der Waals surface area contributed by atoms with Crippen molar-refractivity contribution in [2.24, 2.45) is 0 Å². The van der Waals surface area contributed by atoms with E-state index in [0.29, 0.717) is 12.8 Å². The monoisotopic (exact) mass is 255 g/mol. The van der Waals surface area contributed by atoms with Crippen molar-refractivity contribution in [1.29, 1.82) is 5.26 Å². The number of carbonyl (C=O) groups excluding carboxylic acids is 1. The lowest BCUT2D eigenvalue weighted by Gasteiger charge is -2.13. The molecular weight excluding hydrogens is 238 g/mol. The molecule has 0 fully saturated rings. The zero-order valence-electron chi connectivity index (χ0n) is 10.9. The van der Waals surface area contributed by atoms with Gasteiger partial charge < -0.3 is 10.3 Å². The van der Waals surface area contributed by atoms with Crippen LogP contribution < -0.4 is 5.32 Å². The van der Waals surface area contributed by atoms with Crippen LogP contribution in [0.1, 0.15) is 25.3 Å². The molecule has 2 aromatic rings. The van der Waals surface area contributed by atoms with Crippen molar-refractivity contribution in [3.8, 4) is 6.07 Å². The SMILES string of the molecule is CCC(CC#N)NC(=O)Cc1c[nH]c2ccccc12. The average molecular weight is 255 g/mol. The minimum Gasteiger partial charge on any atom is -0.361 e. The van der Waals surface area contributed by atoms with Crippen molar-refractivity contribution in [3.63, 3.8) is 0 Å². The van der Waals surface area contributed by atoms with Crippen molar-refractivity contribution in [1.82, 2.24) is 10.3 Å². The van der Waals surface area contributed by atoms with Crippen LogP contribution in [0.15, 0.2) is 30.5 Å². The van der Waals surface area contributed by atoms with Crippen LogP contribution in [0.25, 0.3) is 10.9 Å². The molecule has 98 valence electrons. The van der Waals surface area contributed by atoms with Crippen LogP contribution in [0.5, 0.6) is 0 Å². The van der Waals surface area contributed by atoms with E-state index in [1.54, 1.807) is 0 Å². The highest BCUT2D eigenvalue weighted by atomic mass is 16.1. The molecule has 0 saturated carbocycles. The molecule has 0 saturated heterocycles. The predicted molar refractivity (Wildman–Crippen MR) is 74.5 cm³/mol. The van der Waals surface area contributed by atoms with Crippen molar-refractivity contribution in [2.75, 3.05) is 0 Å². The summed E-state index contributed by atoms with van der Waals surface area (Å²) in [6, 6.07) is 9.95. The molecule has 2 N–H and O–H groups in total. The standard InChI is InChI=1S/C15H17N3O/c1-2-12(7-8-16)18-15(19)9-11-10-17-14-6-4-3-5-13(11)14/h3-6,10,12,17H,2,7,9H2,1H3,(H,18,19). The first-order chi connectivity index (χ1) is 9.24. The first-order valence-corrected chi connectivity index (χ1v) is 6.46. The Labute approximate surface area is 112 Å². The van der Waals surface area contributed by atoms with E-state index in [1.807, 2.05) is 37.4 Å². The highest BCUT2D eigenvalue weighted by Gasteiger charge is 2.12. The summed E-state index contributed by atoms with van der Waals surface area (Å²) in [6.45, 7) is 1.97. The molecular formula is C15H17N3O. The number of benzene rings is 1. The molecule has 0 spiro atoms. The van der Waals surface area contributed by atoms with Gasteiger partial charge in [0, 0.05) is 23.1 Å². The highest BCUT2D eigenvalue weighted by Crippen LogP contribution is 2.18. The van der Waals surface area contributed by atoms with Gasteiger partial charge >= 0.3 is 0 Å². The van der Waals surface area contributed by atoms with E-state index in [2.05, 4.69) is 16.4 Å². The molecule has 1 unspecified atom stereocenters. The number of hydrogen-bond acceptors (Lipinski definition) is 2. The number of hydrogen-bond donors (Lipinski definition) is 2. The van der Waals surface area contributed by atoms with Crippen LogP contribution in [0.4, 0.5) is 0 Å². The van der Waals surface area contributed by atoms with E-state index < -0.39 is 0 Å². The number of rotatable bonds is 5. The summed E-state index contributed by atoms with van der Waals surface area (Å²) in [5.41, 5.74) is 2.02. The number of aromatic amines is 1. The Bertz CT molecular complexity index is 609. The largest absolute Gasteiger partial charge is 0.361 e. The molecule has 0 aliphatic rings. The Balaban J connectivity index is 2.05. The number of para-hydroxylation sites is 1. The molecule has 4 nitrogen and oxygen atoms in total. The van der Waals surface area contributed by atoms with Crippen molar-refractivity contribution in [2.45, 2.75) is 32.2 Å². The number of nitrogens with one attached hydrogen (secondary N) is 2. The molecule has 1 atom stereocenters. The van der Waals surface area contributed by atoms with Crippen LogP contribution in [0.2, 0.25) is 0 Å². The minimum absolute atomic E-state index is 0.0353. The first kappa shape index (κ1) is 13.2. The van der Waals surface area contributed by atoms with Gasteiger partial charge in [-0.15, -0.1) is 0 Å². The summed E-state index contributed by atoms with van der Waals surface area (Å²) in [7, 11) is 0. The predicted octanol–water partition coefficient (Wildman–Crippen LogP) is 2.52. The highest BCUT2D eigenvalue weighted by molar-refractivity contribution is 5.88. The lowest BCUT2D eigenvalue weighted by Crippen LogP contribution is -2.35. The molecule has 1 amide bonds. The summed E-state index contributed by atoms with van der Waals surface area (Å²) in [5.74, 6) is -0.0353. The van der Waals surface area contributed by atoms with Crippen molar-refractivity contribution < 1.29 is 4.79 Å². The van der Waals surface area contributed by atoms with Gasteiger partial charge in [-0.3, -0.25) is 4.79 Å². The third kappa shape index (κ3) is 3.14. The summed E-state index contributed by atoms with van der Waals surface area (Å²) in [5, 5.41) is 12.6. The fourth-order valence-electron chi connectivity index (χ4n) is 2.14. The summed E-state index contributed by atoms with van der Waals surface area (Å²) < 4.78 is 0. The Hall–Kier alpha value is -2.28. The van der Waals surface area contributed by atoms with E-state index >= 15 is 0 Å². The molecule has 0 bridgehead atoms. The van der Waals surface area contributed by atoms with Crippen LogP contribution in [0.3, 0.4) is 0 Å². The van der Waals surface area contributed by atoms with Gasteiger partial charge in [0.2, 0.25) is 5.91 Å². The number of nitrogens with zero attached hydrogens (tertiary/aromatic N) is 1. The van der Waals surface area contributed by atoms with Gasteiger partial charge in [-0.1, -0.05) is 25.1 Å². The number of nitriles is 1. The number of H-pyrrole nitrogens is 1. The zero-order chi connectivity index (χ0) is 13.7. The number of carbonyl (C=O) groups is 1. The molecule has 19 heavy (non-hydrogen) atoms. The van der Waals surface area contributed by atoms with Crippen LogP contribution in [0, 0.1) is 11.3 Å². The van der Waals surface area contributed by atoms with Crippen molar-refractivity contribution >= 4 is 16.8 Å². The Morgan fingerprint density at radius 2 is 2.26 bits per heavy atom. The van der Waals surface area contributed by atoms with Gasteiger partial charge in [-0.25, -0.2) is 0 Å². The summed E-state index contributed by atoms with van der Waals surface area (Å²) in [4.78, 5) is 15.1. The Kier molecular flexibility index (Phi) is 4.19. The van der Waals surface area contributed by atoms with Crippen LogP contribution >= 0.6 is 0 Å². The molecule has 0 radical (unpaired) electrons. The molecule has 0 aliphatic carbocycles. The van der Waals surface area contributed by atoms with Gasteiger partial charge in [0.1, 0.15) is 0 Å². The summed E-state index contributed by atoms with van der Waals surface area (Å²) in [6.07, 6.45) is 3.34. The van der Waals surface area contributed by atoms with Gasteiger partial charge in [-0.05, 0) is 18.1 Å². The normalized spacial score (nSPS) is 12.0. The fourth-order valence-corrected chi connectivity index (χ4v) is 2.14. The number of aromatic nitrogens is 1. The molecule has 1 aromatic heterocycles. The van der Waals surface area contributed by atoms with Gasteiger partial charge in [0.25, 0.3) is 0 Å². The maximum Gasteiger partial charge on any atom is 0.224 e. The fraction of sp³-hybridized carbons (Fsp3) is 0.333. The maximum atomic E-state index is 12.0. The summed E-state index contributed by atoms with van der Waals surface area (Å²) >= 11 is 0. The van der Waals surface area contributed by atoms with Crippen LogP contribution in [-0.2, 0) is 11.2 Å². The van der Waals surface area contributed by atoms with Gasteiger partial charge in [0.05, 0.1) is 18.9 Å².